The molecule has 1 aromatic heterocycles. The SMILES string of the molecule is Cc1nnc(SCC(C(=N)N)c2ccccc2)n1C. The van der Waals surface area contributed by atoms with Gasteiger partial charge in [-0.25, -0.2) is 0 Å². The summed E-state index contributed by atoms with van der Waals surface area (Å²) in [5.74, 6) is 1.65. The van der Waals surface area contributed by atoms with E-state index < -0.39 is 0 Å². The van der Waals surface area contributed by atoms with E-state index in [4.69, 9.17) is 11.1 Å². The zero-order chi connectivity index (χ0) is 13.8. The largest absolute Gasteiger partial charge is 0.387 e. The maximum Gasteiger partial charge on any atom is 0.190 e. The molecule has 0 aliphatic heterocycles. The lowest BCUT2D eigenvalue weighted by molar-refractivity contribution is 0.764. The Hall–Kier alpha value is -1.82. The number of aryl methyl sites for hydroxylation is 1. The molecular weight excluding hydrogens is 258 g/mol. The Kier molecular flexibility index (Phi) is 4.21. The molecule has 0 bridgehead atoms. The number of nitrogens with zero attached hydrogens (tertiary/aromatic N) is 3. The summed E-state index contributed by atoms with van der Waals surface area (Å²) in [5, 5.41) is 16.7. The van der Waals surface area contributed by atoms with Crippen molar-refractivity contribution < 1.29 is 0 Å². The molecular formula is C13H17N5S. The first-order valence-electron chi connectivity index (χ1n) is 5.97. The van der Waals surface area contributed by atoms with Crippen LogP contribution in [-0.4, -0.2) is 26.4 Å². The molecule has 5 nitrogen and oxygen atoms in total. The number of benzene rings is 1. The molecule has 0 saturated carbocycles. The third-order valence-corrected chi connectivity index (χ3v) is 4.12. The number of hydrogen-bond donors (Lipinski definition) is 2. The first-order chi connectivity index (χ1) is 9.09. The molecule has 0 aliphatic rings. The summed E-state index contributed by atoms with van der Waals surface area (Å²) < 4.78 is 1.94. The van der Waals surface area contributed by atoms with Crippen LogP contribution < -0.4 is 5.73 Å². The zero-order valence-corrected chi connectivity index (χ0v) is 11.8. The summed E-state index contributed by atoms with van der Waals surface area (Å²) in [6.45, 7) is 1.91. The molecule has 0 saturated heterocycles. The van der Waals surface area contributed by atoms with Crippen molar-refractivity contribution in [2.75, 3.05) is 5.75 Å². The topological polar surface area (TPSA) is 80.6 Å². The maximum atomic E-state index is 7.74. The number of thioether (sulfide) groups is 1. The first kappa shape index (κ1) is 13.6. The van der Waals surface area contributed by atoms with Gasteiger partial charge in [0.1, 0.15) is 5.82 Å². The summed E-state index contributed by atoms with van der Waals surface area (Å²) >= 11 is 1.57. The molecule has 0 spiro atoms. The van der Waals surface area contributed by atoms with Gasteiger partial charge in [0.25, 0.3) is 0 Å². The highest BCUT2D eigenvalue weighted by Crippen LogP contribution is 2.25. The van der Waals surface area contributed by atoms with E-state index in [0.29, 0.717) is 5.75 Å². The molecule has 1 aromatic carbocycles. The van der Waals surface area contributed by atoms with Crippen LogP contribution in [0.15, 0.2) is 35.5 Å². The van der Waals surface area contributed by atoms with Gasteiger partial charge in [-0.3, -0.25) is 5.41 Å². The van der Waals surface area contributed by atoms with Crippen molar-refractivity contribution in [3.8, 4) is 0 Å². The molecule has 6 heteroatoms. The Morgan fingerprint density at radius 1 is 1.37 bits per heavy atom. The van der Waals surface area contributed by atoms with Gasteiger partial charge in [-0.15, -0.1) is 10.2 Å². The van der Waals surface area contributed by atoms with Gasteiger partial charge in [0.2, 0.25) is 0 Å². The van der Waals surface area contributed by atoms with Gasteiger partial charge < -0.3 is 10.3 Å². The van der Waals surface area contributed by atoms with Crippen molar-refractivity contribution in [3.05, 3.63) is 41.7 Å². The second-order valence-corrected chi connectivity index (χ2v) is 5.31. The number of nitrogens with two attached hydrogens (primary N) is 1. The fourth-order valence-electron chi connectivity index (χ4n) is 1.72. The van der Waals surface area contributed by atoms with Crippen LogP contribution in [0, 0.1) is 12.3 Å². The van der Waals surface area contributed by atoms with E-state index >= 15 is 0 Å². The average Bonchev–Trinajstić information content (AvgIpc) is 2.72. The van der Waals surface area contributed by atoms with Gasteiger partial charge in [0, 0.05) is 12.8 Å². The van der Waals surface area contributed by atoms with Crippen molar-refractivity contribution in [3.63, 3.8) is 0 Å². The Balaban J connectivity index is 2.11. The van der Waals surface area contributed by atoms with Crippen LogP contribution in [0.2, 0.25) is 0 Å². The van der Waals surface area contributed by atoms with Gasteiger partial charge in [-0.1, -0.05) is 42.1 Å². The highest BCUT2D eigenvalue weighted by Gasteiger charge is 2.16. The molecule has 1 atom stereocenters. The molecule has 0 radical (unpaired) electrons. The van der Waals surface area contributed by atoms with Crippen LogP contribution in [0.3, 0.4) is 0 Å². The standard InChI is InChI=1S/C13H17N5S/c1-9-16-17-13(18(9)2)19-8-11(12(14)15)10-6-4-3-5-7-10/h3-7,11H,8H2,1-2H3,(H3,14,15). The van der Waals surface area contributed by atoms with Gasteiger partial charge in [-0.2, -0.15) is 0 Å². The predicted molar refractivity (Wildman–Crippen MR) is 77.6 cm³/mol. The third kappa shape index (κ3) is 3.14. The van der Waals surface area contributed by atoms with Crippen molar-refractivity contribution in [2.24, 2.45) is 12.8 Å². The lowest BCUT2D eigenvalue weighted by Crippen LogP contribution is -2.22. The minimum absolute atomic E-state index is 0.0943. The highest BCUT2D eigenvalue weighted by atomic mass is 32.2. The quantitative estimate of drug-likeness (QED) is 0.496. The molecule has 1 unspecified atom stereocenters. The van der Waals surface area contributed by atoms with E-state index in [1.54, 1.807) is 11.8 Å². The number of hydrogen-bond acceptors (Lipinski definition) is 4. The molecule has 2 aromatic rings. The molecule has 19 heavy (non-hydrogen) atoms. The fraction of sp³-hybridized carbons (Fsp3) is 0.308. The van der Waals surface area contributed by atoms with Crippen LogP contribution in [0.1, 0.15) is 17.3 Å². The highest BCUT2D eigenvalue weighted by molar-refractivity contribution is 7.99. The number of rotatable bonds is 5. The minimum Gasteiger partial charge on any atom is -0.387 e. The van der Waals surface area contributed by atoms with Crippen LogP contribution >= 0.6 is 11.8 Å². The molecule has 0 amide bonds. The lowest BCUT2D eigenvalue weighted by Gasteiger charge is -2.15. The van der Waals surface area contributed by atoms with Crippen molar-refractivity contribution >= 4 is 17.6 Å². The van der Waals surface area contributed by atoms with Crippen molar-refractivity contribution in [2.45, 2.75) is 18.0 Å². The van der Waals surface area contributed by atoms with E-state index in [9.17, 15) is 0 Å². The van der Waals surface area contributed by atoms with E-state index in [1.165, 1.54) is 0 Å². The third-order valence-electron chi connectivity index (χ3n) is 3.01. The number of amidine groups is 1. The first-order valence-corrected chi connectivity index (χ1v) is 6.95. The van der Waals surface area contributed by atoms with E-state index in [2.05, 4.69) is 10.2 Å². The van der Waals surface area contributed by atoms with Crippen LogP contribution in [0.5, 0.6) is 0 Å². The molecule has 100 valence electrons. The molecule has 2 rings (SSSR count). The van der Waals surface area contributed by atoms with Crippen molar-refractivity contribution in [1.82, 2.24) is 14.8 Å². The predicted octanol–water partition coefficient (Wildman–Crippen LogP) is 1.94. The van der Waals surface area contributed by atoms with Crippen molar-refractivity contribution in [1.29, 1.82) is 5.41 Å². The minimum atomic E-state index is -0.0943. The van der Waals surface area contributed by atoms with Crippen LogP contribution in [-0.2, 0) is 7.05 Å². The van der Waals surface area contributed by atoms with Gasteiger partial charge in [-0.05, 0) is 12.5 Å². The zero-order valence-electron chi connectivity index (χ0n) is 11.0. The Bertz CT molecular complexity index is 564. The smallest absolute Gasteiger partial charge is 0.190 e. The van der Waals surface area contributed by atoms with Gasteiger partial charge in [0.05, 0.1) is 11.8 Å². The summed E-state index contributed by atoms with van der Waals surface area (Å²) in [6, 6.07) is 9.87. The lowest BCUT2D eigenvalue weighted by atomic mass is 10.0. The van der Waals surface area contributed by atoms with E-state index in [-0.39, 0.29) is 11.8 Å². The number of aromatic nitrogens is 3. The number of nitrogens with one attached hydrogen (secondary N) is 1. The molecule has 0 fully saturated rings. The summed E-state index contributed by atoms with van der Waals surface area (Å²) in [4.78, 5) is 0. The normalized spacial score (nSPS) is 12.3. The van der Waals surface area contributed by atoms with E-state index in [1.807, 2.05) is 48.9 Å². The summed E-state index contributed by atoms with van der Waals surface area (Å²) in [6.07, 6.45) is 0. The second-order valence-electron chi connectivity index (χ2n) is 4.32. The Labute approximate surface area is 116 Å². The molecule has 0 aliphatic carbocycles. The molecule has 3 N–H and O–H groups in total. The van der Waals surface area contributed by atoms with E-state index in [0.717, 1.165) is 16.5 Å². The monoisotopic (exact) mass is 275 g/mol. The Morgan fingerprint density at radius 2 is 2.05 bits per heavy atom. The van der Waals surface area contributed by atoms with Gasteiger partial charge in [0.15, 0.2) is 5.16 Å². The average molecular weight is 275 g/mol. The second kappa shape index (κ2) is 5.88. The summed E-state index contributed by atoms with van der Waals surface area (Å²) in [5.41, 5.74) is 6.76. The maximum absolute atomic E-state index is 7.74. The Morgan fingerprint density at radius 3 is 2.58 bits per heavy atom. The fourth-order valence-corrected chi connectivity index (χ4v) is 2.83. The van der Waals surface area contributed by atoms with Crippen LogP contribution in [0.25, 0.3) is 0 Å². The van der Waals surface area contributed by atoms with Gasteiger partial charge >= 0.3 is 0 Å². The molecule has 1 heterocycles. The van der Waals surface area contributed by atoms with Crippen LogP contribution in [0.4, 0.5) is 0 Å². The summed E-state index contributed by atoms with van der Waals surface area (Å²) in [7, 11) is 1.93.